The lowest BCUT2D eigenvalue weighted by molar-refractivity contribution is 0.0943. The summed E-state index contributed by atoms with van der Waals surface area (Å²) in [5.41, 5.74) is 4.05. The molecule has 1 aliphatic rings. The predicted octanol–water partition coefficient (Wildman–Crippen LogP) is 6.21. The smallest absolute Gasteiger partial charge is 0.255 e. The molecule has 6 nitrogen and oxygen atoms in total. The normalized spacial score (nSPS) is 13.4. The average Bonchev–Trinajstić information content (AvgIpc) is 2.91. The molecule has 1 fully saturated rings. The first-order valence-electron chi connectivity index (χ1n) is 13.8. The van der Waals surface area contributed by atoms with Gasteiger partial charge in [0, 0.05) is 49.8 Å². The van der Waals surface area contributed by atoms with Crippen LogP contribution in [0.25, 0.3) is 0 Å². The molecule has 0 aliphatic carbocycles. The van der Waals surface area contributed by atoms with Crippen molar-refractivity contribution in [1.82, 2.24) is 5.32 Å². The van der Waals surface area contributed by atoms with Crippen molar-refractivity contribution >= 4 is 23.2 Å². The van der Waals surface area contributed by atoms with E-state index in [1.165, 1.54) is 37.7 Å². The number of nitrogens with zero attached hydrogens (tertiary/aromatic N) is 1. The molecular weight excluding hydrogens is 450 g/mol. The number of ether oxygens (including phenoxy) is 1. The van der Waals surface area contributed by atoms with Crippen LogP contribution in [0.4, 0.5) is 11.4 Å². The van der Waals surface area contributed by atoms with Crippen LogP contribution < -0.4 is 15.5 Å². The molecule has 0 spiro atoms. The van der Waals surface area contributed by atoms with Crippen LogP contribution in [0.5, 0.6) is 0 Å². The molecule has 3 rings (SSSR count). The standard InChI is InChI=1S/C30H43N3O3/c1-3-5-6-8-12-24-13-15-25(16-14-24)29(34)32-26-17-18-28(33-20-9-7-10-21-33)27(23-26)30(35)31-19-11-22-36-4-2/h13-18,23H,3-12,19-22H2,1-2H3,(H,31,35)(H,32,34). The molecule has 0 aromatic heterocycles. The molecule has 2 N–H and O–H groups in total. The summed E-state index contributed by atoms with van der Waals surface area (Å²) in [7, 11) is 0. The average molecular weight is 494 g/mol. The Hall–Kier alpha value is -2.86. The SMILES string of the molecule is CCCCCCc1ccc(C(=O)Nc2ccc(N3CCCCC3)c(C(=O)NCCCOCC)c2)cc1. The third-order valence-electron chi connectivity index (χ3n) is 6.69. The first-order valence-corrected chi connectivity index (χ1v) is 13.8. The lowest BCUT2D eigenvalue weighted by Crippen LogP contribution is -2.33. The Morgan fingerprint density at radius 3 is 2.39 bits per heavy atom. The van der Waals surface area contributed by atoms with Gasteiger partial charge in [-0.1, -0.05) is 38.3 Å². The van der Waals surface area contributed by atoms with Crippen molar-refractivity contribution in [2.75, 3.05) is 43.1 Å². The summed E-state index contributed by atoms with van der Waals surface area (Å²) in [5.74, 6) is -0.281. The topological polar surface area (TPSA) is 70.7 Å². The molecule has 1 saturated heterocycles. The molecule has 2 aromatic rings. The van der Waals surface area contributed by atoms with Gasteiger partial charge in [-0.05, 0) is 81.3 Å². The van der Waals surface area contributed by atoms with Gasteiger partial charge in [-0.15, -0.1) is 0 Å². The van der Waals surface area contributed by atoms with Crippen LogP contribution in [0.2, 0.25) is 0 Å². The highest BCUT2D eigenvalue weighted by molar-refractivity contribution is 6.06. The molecule has 2 amide bonds. The third kappa shape index (κ3) is 8.66. The highest BCUT2D eigenvalue weighted by Gasteiger charge is 2.20. The van der Waals surface area contributed by atoms with Gasteiger partial charge in [-0.25, -0.2) is 0 Å². The van der Waals surface area contributed by atoms with E-state index in [1.54, 1.807) is 0 Å². The zero-order valence-electron chi connectivity index (χ0n) is 22.1. The fourth-order valence-electron chi connectivity index (χ4n) is 4.60. The molecule has 6 heteroatoms. The number of amides is 2. The van der Waals surface area contributed by atoms with Crippen molar-refractivity contribution in [1.29, 1.82) is 0 Å². The van der Waals surface area contributed by atoms with Gasteiger partial charge in [0.25, 0.3) is 11.8 Å². The van der Waals surface area contributed by atoms with Gasteiger partial charge >= 0.3 is 0 Å². The number of unbranched alkanes of at least 4 members (excludes halogenated alkanes) is 3. The van der Waals surface area contributed by atoms with Crippen molar-refractivity contribution in [2.24, 2.45) is 0 Å². The highest BCUT2D eigenvalue weighted by atomic mass is 16.5. The Morgan fingerprint density at radius 1 is 0.889 bits per heavy atom. The Balaban J connectivity index is 1.67. The Bertz CT molecular complexity index is 952. The van der Waals surface area contributed by atoms with Crippen LogP contribution in [0.15, 0.2) is 42.5 Å². The van der Waals surface area contributed by atoms with Crippen LogP contribution in [0.3, 0.4) is 0 Å². The highest BCUT2D eigenvalue weighted by Crippen LogP contribution is 2.27. The van der Waals surface area contributed by atoms with E-state index in [4.69, 9.17) is 4.74 Å². The van der Waals surface area contributed by atoms with E-state index in [0.29, 0.717) is 36.6 Å². The fourth-order valence-corrected chi connectivity index (χ4v) is 4.60. The number of hydrogen-bond donors (Lipinski definition) is 2. The minimum Gasteiger partial charge on any atom is -0.382 e. The largest absolute Gasteiger partial charge is 0.382 e. The molecule has 0 radical (unpaired) electrons. The Labute approximate surface area is 216 Å². The van der Waals surface area contributed by atoms with Gasteiger partial charge in [0.05, 0.1) is 5.56 Å². The zero-order valence-corrected chi connectivity index (χ0v) is 22.1. The van der Waals surface area contributed by atoms with Crippen LogP contribution in [-0.2, 0) is 11.2 Å². The second-order valence-corrected chi connectivity index (χ2v) is 9.55. The number of carbonyl (C=O) groups excluding carboxylic acids is 2. The predicted molar refractivity (Wildman–Crippen MR) is 148 cm³/mol. The maximum absolute atomic E-state index is 13.1. The third-order valence-corrected chi connectivity index (χ3v) is 6.69. The summed E-state index contributed by atoms with van der Waals surface area (Å²) >= 11 is 0. The second kappa shape index (κ2) is 15.3. The van der Waals surface area contributed by atoms with E-state index >= 15 is 0 Å². The number of carbonyl (C=O) groups is 2. The van der Waals surface area contributed by atoms with Gasteiger partial charge in [0.2, 0.25) is 0 Å². The molecule has 0 bridgehead atoms. The summed E-state index contributed by atoms with van der Waals surface area (Å²) < 4.78 is 5.37. The molecule has 0 unspecified atom stereocenters. The minimum absolute atomic E-state index is 0.115. The minimum atomic E-state index is -0.165. The summed E-state index contributed by atoms with van der Waals surface area (Å²) in [4.78, 5) is 28.3. The van der Waals surface area contributed by atoms with Gasteiger partial charge < -0.3 is 20.3 Å². The molecule has 1 heterocycles. The number of aryl methyl sites for hydroxylation is 1. The number of benzene rings is 2. The molecule has 0 saturated carbocycles. The molecule has 1 aliphatic heterocycles. The number of piperidine rings is 1. The first-order chi connectivity index (χ1) is 17.6. The van der Waals surface area contributed by atoms with Crippen LogP contribution in [0.1, 0.15) is 91.5 Å². The van der Waals surface area contributed by atoms with Gasteiger partial charge in [0.1, 0.15) is 0 Å². The number of hydrogen-bond acceptors (Lipinski definition) is 4. The van der Waals surface area contributed by atoms with Gasteiger partial charge in [0.15, 0.2) is 0 Å². The zero-order chi connectivity index (χ0) is 25.6. The maximum Gasteiger partial charge on any atom is 0.255 e. The maximum atomic E-state index is 13.1. The summed E-state index contributed by atoms with van der Waals surface area (Å²) in [6, 6.07) is 13.5. The molecule has 196 valence electrons. The van der Waals surface area contributed by atoms with E-state index < -0.39 is 0 Å². The summed E-state index contributed by atoms with van der Waals surface area (Å²) in [6.45, 7) is 7.93. The molecule has 36 heavy (non-hydrogen) atoms. The van der Waals surface area contributed by atoms with Crippen molar-refractivity contribution < 1.29 is 14.3 Å². The summed E-state index contributed by atoms with van der Waals surface area (Å²) in [5, 5.41) is 6.01. The molecule has 2 aromatic carbocycles. The van der Waals surface area contributed by atoms with Crippen molar-refractivity contribution in [2.45, 2.75) is 71.6 Å². The first kappa shape index (κ1) is 27.7. The van der Waals surface area contributed by atoms with Crippen molar-refractivity contribution in [3.8, 4) is 0 Å². The monoisotopic (exact) mass is 493 g/mol. The van der Waals surface area contributed by atoms with E-state index in [9.17, 15) is 9.59 Å². The Kier molecular flexibility index (Phi) is 11.8. The van der Waals surface area contributed by atoms with E-state index in [1.807, 2.05) is 49.4 Å². The van der Waals surface area contributed by atoms with Crippen LogP contribution in [0, 0.1) is 0 Å². The molecule has 0 atom stereocenters. The number of anilines is 2. The lowest BCUT2D eigenvalue weighted by Gasteiger charge is -2.30. The van der Waals surface area contributed by atoms with Crippen molar-refractivity contribution in [3.05, 3.63) is 59.2 Å². The van der Waals surface area contributed by atoms with Crippen LogP contribution in [-0.4, -0.2) is 44.7 Å². The van der Waals surface area contributed by atoms with E-state index in [0.717, 1.165) is 44.5 Å². The van der Waals surface area contributed by atoms with Gasteiger partial charge in [-0.3, -0.25) is 9.59 Å². The summed E-state index contributed by atoms with van der Waals surface area (Å²) in [6.07, 6.45) is 10.2. The van der Waals surface area contributed by atoms with Crippen molar-refractivity contribution in [3.63, 3.8) is 0 Å². The van der Waals surface area contributed by atoms with E-state index in [2.05, 4.69) is 22.5 Å². The van der Waals surface area contributed by atoms with E-state index in [-0.39, 0.29) is 11.8 Å². The fraction of sp³-hybridized carbons (Fsp3) is 0.533. The lowest BCUT2D eigenvalue weighted by atomic mass is 10.0. The van der Waals surface area contributed by atoms with Gasteiger partial charge in [-0.2, -0.15) is 0 Å². The van der Waals surface area contributed by atoms with Crippen LogP contribution >= 0.6 is 0 Å². The Morgan fingerprint density at radius 2 is 1.67 bits per heavy atom. The second-order valence-electron chi connectivity index (χ2n) is 9.55. The number of rotatable bonds is 14. The number of nitrogens with one attached hydrogen (secondary N) is 2. The molecular formula is C30H43N3O3. The quantitative estimate of drug-likeness (QED) is 0.307.